The molecule has 3 heterocycles. The van der Waals surface area contributed by atoms with E-state index in [1.54, 1.807) is 18.3 Å². The zero-order chi connectivity index (χ0) is 16.7. The topological polar surface area (TPSA) is 74.9 Å². The lowest BCUT2D eigenvalue weighted by Crippen LogP contribution is -2.42. The highest BCUT2D eigenvalue weighted by molar-refractivity contribution is 5.85. The minimum Gasteiger partial charge on any atom is -0.480 e. The van der Waals surface area contributed by atoms with E-state index in [0.29, 0.717) is 36.3 Å². The van der Waals surface area contributed by atoms with Crippen molar-refractivity contribution in [1.29, 1.82) is 0 Å². The maximum atomic E-state index is 12.3. The molecule has 0 amide bonds. The molecule has 3 atom stereocenters. The second-order valence-electron chi connectivity index (χ2n) is 6.89. The number of carbonyl (C=O) groups is 1. The Balaban J connectivity index is 0.00000182. The first-order valence-electron chi connectivity index (χ1n) is 8.59. The van der Waals surface area contributed by atoms with Gasteiger partial charge in [-0.25, -0.2) is 4.98 Å². The molecule has 2 aromatic heterocycles. The van der Waals surface area contributed by atoms with Gasteiger partial charge in [-0.2, -0.15) is 0 Å². The van der Waals surface area contributed by atoms with E-state index in [-0.39, 0.29) is 18.0 Å². The lowest BCUT2D eigenvalue weighted by Gasteiger charge is -2.32. The highest BCUT2D eigenvalue weighted by atomic mass is 35.5. The Bertz CT molecular complexity index is 838. The predicted octanol–water partition coefficient (Wildman–Crippen LogP) is 2.33. The summed E-state index contributed by atoms with van der Waals surface area (Å²) in [5.74, 6) is -0.302. The van der Waals surface area contributed by atoms with Crippen LogP contribution >= 0.6 is 12.4 Å². The van der Waals surface area contributed by atoms with Crippen LogP contribution in [0.25, 0.3) is 5.65 Å². The van der Waals surface area contributed by atoms with Gasteiger partial charge in [0.15, 0.2) is 0 Å². The third-order valence-corrected chi connectivity index (χ3v) is 5.47. The van der Waals surface area contributed by atoms with Crippen LogP contribution in [-0.2, 0) is 11.3 Å². The van der Waals surface area contributed by atoms with Crippen LogP contribution in [-0.4, -0.2) is 37.4 Å². The quantitative estimate of drug-likeness (QED) is 0.905. The van der Waals surface area contributed by atoms with Crippen molar-refractivity contribution in [3.05, 3.63) is 46.5 Å². The molecule has 2 aliphatic rings. The molecule has 4 rings (SSSR count). The number of aromatic nitrogens is 2. The van der Waals surface area contributed by atoms with Gasteiger partial charge in [0.1, 0.15) is 11.7 Å². The van der Waals surface area contributed by atoms with Crippen LogP contribution in [0.15, 0.2) is 35.3 Å². The second-order valence-corrected chi connectivity index (χ2v) is 6.89. The van der Waals surface area contributed by atoms with Gasteiger partial charge in [-0.05, 0) is 37.3 Å². The van der Waals surface area contributed by atoms with E-state index >= 15 is 0 Å². The molecule has 1 aliphatic heterocycles. The smallest absolute Gasteiger partial charge is 0.320 e. The van der Waals surface area contributed by atoms with Crippen LogP contribution < -0.4 is 5.56 Å². The SMILES string of the molecule is Cl.O=C(O)C1CC2CCCCC2N1Cc1cc(=O)n2ccccc2n1. The van der Waals surface area contributed by atoms with Crippen molar-refractivity contribution < 1.29 is 9.90 Å². The predicted molar refractivity (Wildman–Crippen MR) is 96.0 cm³/mol. The van der Waals surface area contributed by atoms with Crippen LogP contribution in [0, 0.1) is 5.92 Å². The number of carboxylic acid groups (broad SMARTS) is 1. The number of hydrogen-bond acceptors (Lipinski definition) is 4. The molecular weight excluding hydrogens is 342 g/mol. The third kappa shape index (κ3) is 3.28. The molecule has 0 radical (unpaired) electrons. The van der Waals surface area contributed by atoms with Crippen LogP contribution in [0.1, 0.15) is 37.8 Å². The maximum absolute atomic E-state index is 12.3. The Kier molecular flexibility index (Phi) is 5.11. The van der Waals surface area contributed by atoms with Gasteiger partial charge in [-0.1, -0.05) is 18.9 Å². The molecule has 3 unspecified atom stereocenters. The number of carboxylic acids is 1. The van der Waals surface area contributed by atoms with E-state index in [1.165, 1.54) is 16.9 Å². The number of likely N-dealkylation sites (tertiary alicyclic amines) is 1. The average Bonchev–Trinajstić information content (AvgIpc) is 2.94. The Morgan fingerprint density at radius 2 is 2.08 bits per heavy atom. The monoisotopic (exact) mass is 363 g/mol. The summed E-state index contributed by atoms with van der Waals surface area (Å²) in [5.41, 5.74) is 1.14. The summed E-state index contributed by atoms with van der Waals surface area (Å²) >= 11 is 0. The largest absolute Gasteiger partial charge is 0.480 e. The lowest BCUT2D eigenvalue weighted by molar-refractivity contribution is -0.142. The molecule has 7 heteroatoms. The number of halogens is 1. The fourth-order valence-electron chi connectivity index (χ4n) is 4.39. The Morgan fingerprint density at radius 1 is 1.28 bits per heavy atom. The van der Waals surface area contributed by atoms with Crippen molar-refractivity contribution in [3.63, 3.8) is 0 Å². The summed E-state index contributed by atoms with van der Waals surface area (Å²) in [6.07, 6.45) is 6.91. The van der Waals surface area contributed by atoms with E-state index in [1.807, 2.05) is 6.07 Å². The summed E-state index contributed by atoms with van der Waals surface area (Å²) in [4.78, 5) is 30.6. The molecule has 134 valence electrons. The number of fused-ring (bicyclic) bond motifs is 2. The van der Waals surface area contributed by atoms with E-state index in [9.17, 15) is 14.7 Å². The standard InChI is InChI=1S/C18H21N3O3.ClH/c22-17-10-13(19-16-7-3-4-8-20(16)17)11-21-14-6-2-1-5-12(14)9-15(21)18(23)24;/h3-4,7-8,10,12,14-15H,1-2,5-6,9,11H2,(H,23,24);1H. The van der Waals surface area contributed by atoms with Gasteiger partial charge < -0.3 is 5.11 Å². The van der Waals surface area contributed by atoms with Crippen molar-refractivity contribution in [2.75, 3.05) is 0 Å². The fraction of sp³-hybridized carbons (Fsp3) is 0.500. The summed E-state index contributed by atoms with van der Waals surface area (Å²) in [5, 5.41) is 9.61. The summed E-state index contributed by atoms with van der Waals surface area (Å²) in [6, 6.07) is 6.81. The first-order chi connectivity index (χ1) is 11.6. The van der Waals surface area contributed by atoms with Crippen LogP contribution in [0.3, 0.4) is 0 Å². The maximum Gasteiger partial charge on any atom is 0.320 e. The fourth-order valence-corrected chi connectivity index (χ4v) is 4.39. The molecule has 0 bridgehead atoms. The molecule has 0 aromatic carbocycles. The Morgan fingerprint density at radius 3 is 2.88 bits per heavy atom. The van der Waals surface area contributed by atoms with E-state index < -0.39 is 12.0 Å². The molecule has 0 spiro atoms. The number of aliphatic carboxylic acids is 1. The summed E-state index contributed by atoms with van der Waals surface area (Å²) < 4.78 is 1.51. The van der Waals surface area contributed by atoms with Crippen LogP contribution in [0.5, 0.6) is 0 Å². The Labute approximate surface area is 151 Å². The van der Waals surface area contributed by atoms with Gasteiger partial charge in [0.2, 0.25) is 0 Å². The number of rotatable bonds is 3. The van der Waals surface area contributed by atoms with Gasteiger partial charge in [0.05, 0.1) is 5.69 Å². The van der Waals surface area contributed by atoms with Gasteiger partial charge in [0, 0.05) is 24.8 Å². The summed E-state index contributed by atoms with van der Waals surface area (Å²) in [7, 11) is 0. The zero-order valence-corrected chi connectivity index (χ0v) is 14.7. The molecule has 2 fully saturated rings. The lowest BCUT2D eigenvalue weighted by atomic mass is 9.85. The highest BCUT2D eigenvalue weighted by Gasteiger charge is 2.45. The van der Waals surface area contributed by atoms with Crippen LogP contribution in [0.2, 0.25) is 0 Å². The first-order valence-corrected chi connectivity index (χ1v) is 8.59. The average molecular weight is 364 g/mol. The van der Waals surface area contributed by atoms with E-state index in [0.717, 1.165) is 19.3 Å². The number of hydrogen-bond donors (Lipinski definition) is 1. The van der Waals surface area contributed by atoms with Gasteiger partial charge in [0.25, 0.3) is 5.56 Å². The third-order valence-electron chi connectivity index (χ3n) is 5.47. The molecule has 1 N–H and O–H groups in total. The van der Waals surface area contributed by atoms with Crippen molar-refractivity contribution in [1.82, 2.24) is 14.3 Å². The minimum absolute atomic E-state index is 0. The molecule has 25 heavy (non-hydrogen) atoms. The molecular formula is C18H22ClN3O3. The van der Waals surface area contributed by atoms with E-state index in [2.05, 4.69) is 9.88 Å². The number of nitrogens with zero attached hydrogens (tertiary/aromatic N) is 3. The summed E-state index contributed by atoms with van der Waals surface area (Å²) in [6.45, 7) is 0.429. The molecule has 2 aromatic rings. The number of pyridine rings is 1. The normalized spacial score (nSPS) is 26.2. The van der Waals surface area contributed by atoms with Crippen molar-refractivity contribution in [2.24, 2.45) is 5.92 Å². The van der Waals surface area contributed by atoms with Gasteiger partial charge >= 0.3 is 5.97 Å². The molecule has 6 nitrogen and oxygen atoms in total. The van der Waals surface area contributed by atoms with Crippen molar-refractivity contribution >= 4 is 24.0 Å². The minimum atomic E-state index is -0.762. The molecule has 1 saturated carbocycles. The van der Waals surface area contributed by atoms with Crippen LogP contribution in [0.4, 0.5) is 0 Å². The Hall–Kier alpha value is -1.92. The van der Waals surface area contributed by atoms with Crippen molar-refractivity contribution in [3.8, 4) is 0 Å². The first kappa shape index (κ1) is 17.9. The molecule has 1 saturated heterocycles. The molecule has 1 aliphatic carbocycles. The van der Waals surface area contributed by atoms with E-state index in [4.69, 9.17) is 0 Å². The zero-order valence-electron chi connectivity index (χ0n) is 13.9. The highest BCUT2D eigenvalue weighted by Crippen LogP contribution is 2.40. The van der Waals surface area contributed by atoms with Crippen molar-refractivity contribution in [2.45, 2.75) is 50.7 Å². The van der Waals surface area contributed by atoms with Gasteiger partial charge in [-0.3, -0.25) is 18.9 Å². The second kappa shape index (κ2) is 7.14. The van der Waals surface area contributed by atoms with Gasteiger partial charge in [-0.15, -0.1) is 12.4 Å².